The number of benzene rings is 1. The maximum absolute atomic E-state index is 11.9. The van der Waals surface area contributed by atoms with Gasteiger partial charge in [0.15, 0.2) is 6.61 Å². The van der Waals surface area contributed by atoms with Crippen molar-refractivity contribution in [3.8, 4) is 5.75 Å². The number of hydrogen-bond acceptors (Lipinski definition) is 4. The van der Waals surface area contributed by atoms with Gasteiger partial charge in [0.05, 0.1) is 5.69 Å². The summed E-state index contributed by atoms with van der Waals surface area (Å²) in [6.07, 6.45) is 2.43. The van der Waals surface area contributed by atoms with Crippen LogP contribution in [0.25, 0.3) is 11.0 Å². The Hall–Kier alpha value is -2.82. The topological polar surface area (TPSA) is 72.3 Å². The summed E-state index contributed by atoms with van der Waals surface area (Å²) in [6, 6.07) is 10.2. The predicted octanol–water partition coefficient (Wildman–Crippen LogP) is 2.95. The Bertz CT molecular complexity index is 862. The molecule has 0 bridgehead atoms. The van der Waals surface area contributed by atoms with Gasteiger partial charge in [-0.25, -0.2) is 4.79 Å². The Morgan fingerprint density at radius 3 is 2.86 bits per heavy atom. The molecular weight excluding hydrogens is 282 g/mol. The van der Waals surface area contributed by atoms with E-state index in [4.69, 9.17) is 9.15 Å². The van der Waals surface area contributed by atoms with Crippen molar-refractivity contribution < 1.29 is 13.9 Å². The Kier molecular flexibility index (Phi) is 3.78. The van der Waals surface area contributed by atoms with Gasteiger partial charge in [0.25, 0.3) is 0 Å². The van der Waals surface area contributed by atoms with E-state index in [0.717, 1.165) is 17.4 Å². The number of hydrogen-bond donors (Lipinski definition) is 1. The van der Waals surface area contributed by atoms with E-state index in [9.17, 15) is 9.59 Å². The molecule has 1 aromatic carbocycles. The molecule has 2 aromatic heterocycles. The second kappa shape index (κ2) is 5.89. The lowest BCUT2D eigenvalue weighted by Crippen LogP contribution is -2.11. The molecule has 0 saturated carbocycles. The molecule has 0 radical (unpaired) electrons. The highest BCUT2D eigenvalue weighted by Crippen LogP contribution is 2.23. The predicted molar refractivity (Wildman–Crippen MR) is 82.5 cm³/mol. The van der Waals surface area contributed by atoms with Crippen LogP contribution in [0.5, 0.6) is 5.75 Å². The lowest BCUT2D eigenvalue weighted by Gasteiger charge is -2.07. The van der Waals surface area contributed by atoms with Gasteiger partial charge in [0, 0.05) is 23.7 Å². The number of carbonyl (C=O) groups is 1. The van der Waals surface area contributed by atoms with Crippen molar-refractivity contribution in [2.75, 3.05) is 6.61 Å². The van der Waals surface area contributed by atoms with Crippen molar-refractivity contribution in [1.29, 1.82) is 0 Å². The summed E-state index contributed by atoms with van der Waals surface area (Å²) in [6.45, 7) is 1.90. The van der Waals surface area contributed by atoms with Crippen molar-refractivity contribution in [2.45, 2.75) is 13.3 Å². The molecule has 5 nitrogen and oxygen atoms in total. The Morgan fingerprint density at radius 1 is 1.27 bits per heavy atom. The number of fused-ring (bicyclic) bond motifs is 1. The van der Waals surface area contributed by atoms with Gasteiger partial charge in [-0.05, 0) is 36.2 Å². The van der Waals surface area contributed by atoms with Crippen LogP contribution in [0.1, 0.15) is 23.0 Å². The maximum Gasteiger partial charge on any atom is 0.336 e. The van der Waals surface area contributed by atoms with Crippen LogP contribution in [0.15, 0.2) is 51.8 Å². The van der Waals surface area contributed by atoms with Crippen molar-refractivity contribution in [1.82, 2.24) is 4.98 Å². The minimum atomic E-state index is -0.385. The molecule has 0 aliphatic heterocycles. The van der Waals surface area contributed by atoms with E-state index in [2.05, 4.69) is 4.98 Å². The highest BCUT2D eigenvalue weighted by Gasteiger charge is 2.09. The molecule has 3 aromatic rings. The standard InChI is InChI=1S/C17H15NO4/c1-2-11-8-17(20)22-16-9-12(5-6-13(11)16)21-10-15(19)14-4-3-7-18-14/h3-9,18H,2,10H2,1H3. The summed E-state index contributed by atoms with van der Waals surface area (Å²) >= 11 is 0. The number of carbonyl (C=O) groups excluding carboxylic acids is 1. The normalized spacial score (nSPS) is 10.8. The number of ketones is 1. The molecule has 0 aliphatic rings. The third-order valence-corrected chi connectivity index (χ3v) is 3.45. The molecule has 0 atom stereocenters. The summed E-state index contributed by atoms with van der Waals surface area (Å²) in [4.78, 5) is 26.2. The Balaban J connectivity index is 1.83. The van der Waals surface area contributed by atoms with Crippen molar-refractivity contribution >= 4 is 16.8 Å². The van der Waals surface area contributed by atoms with E-state index < -0.39 is 0 Å². The number of Topliss-reactive ketones (excluding diaryl/α,β-unsaturated/α-hetero) is 1. The Labute approximate surface area is 126 Å². The average molecular weight is 297 g/mol. The SMILES string of the molecule is CCc1cc(=O)oc2cc(OCC(=O)c3ccc[nH]3)ccc12. The second-order valence-electron chi connectivity index (χ2n) is 4.90. The van der Waals surface area contributed by atoms with Gasteiger partial charge in [-0.15, -0.1) is 0 Å². The van der Waals surface area contributed by atoms with E-state index in [1.807, 2.05) is 13.0 Å². The number of aromatic nitrogens is 1. The van der Waals surface area contributed by atoms with Crippen LogP contribution in [0.3, 0.4) is 0 Å². The molecule has 0 aliphatic carbocycles. The van der Waals surface area contributed by atoms with Gasteiger partial charge in [-0.3, -0.25) is 4.79 Å². The van der Waals surface area contributed by atoms with Crippen molar-refractivity contribution in [3.63, 3.8) is 0 Å². The van der Waals surface area contributed by atoms with E-state index in [1.165, 1.54) is 6.07 Å². The van der Waals surface area contributed by atoms with Crippen LogP contribution in [0.2, 0.25) is 0 Å². The number of ether oxygens (including phenoxy) is 1. The van der Waals surface area contributed by atoms with Gasteiger partial charge in [-0.2, -0.15) is 0 Å². The third kappa shape index (κ3) is 2.79. The van der Waals surface area contributed by atoms with Crippen LogP contribution in [-0.2, 0) is 6.42 Å². The molecule has 0 spiro atoms. The lowest BCUT2D eigenvalue weighted by molar-refractivity contribution is 0.0917. The van der Waals surface area contributed by atoms with Crippen LogP contribution >= 0.6 is 0 Å². The highest BCUT2D eigenvalue weighted by molar-refractivity contribution is 5.95. The average Bonchev–Trinajstić information content (AvgIpc) is 3.05. The Morgan fingerprint density at radius 2 is 2.14 bits per heavy atom. The summed E-state index contributed by atoms with van der Waals surface area (Å²) in [5.74, 6) is 0.345. The van der Waals surface area contributed by atoms with E-state index in [1.54, 1.807) is 30.5 Å². The first-order valence-electron chi connectivity index (χ1n) is 7.03. The minimum Gasteiger partial charge on any atom is -0.485 e. The van der Waals surface area contributed by atoms with E-state index >= 15 is 0 Å². The van der Waals surface area contributed by atoms with Gasteiger partial charge >= 0.3 is 5.63 Å². The zero-order chi connectivity index (χ0) is 15.5. The van der Waals surface area contributed by atoms with Gasteiger partial charge in [-0.1, -0.05) is 6.92 Å². The lowest BCUT2D eigenvalue weighted by atomic mass is 10.1. The van der Waals surface area contributed by atoms with Crippen LogP contribution in [-0.4, -0.2) is 17.4 Å². The van der Waals surface area contributed by atoms with Crippen LogP contribution in [0, 0.1) is 0 Å². The molecule has 3 rings (SSSR count). The molecule has 0 saturated heterocycles. The first kappa shape index (κ1) is 14.1. The number of nitrogens with one attached hydrogen (secondary N) is 1. The first-order valence-corrected chi connectivity index (χ1v) is 7.03. The van der Waals surface area contributed by atoms with E-state index in [0.29, 0.717) is 17.0 Å². The second-order valence-corrected chi connectivity index (χ2v) is 4.90. The number of aromatic amines is 1. The fraction of sp³-hybridized carbons (Fsp3) is 0.176. The summed E-state index contributed by atoms with van der Waals surface area (Å²) in [5.41, 5.74) is 1.51. The minimum absolute atomic E-state index is 0.0796. The summed E-state index contributed by atoms with van der Waals surface area (Å²) in [7, 11) is 0. The number of rotatable bonds is 5. The zero-order valence-corrected chi connectivity index (χ0v) is 12.1. The zero-order valence-electron chi connectivity index (χ0n) is 12.1. The van der Waals surface area contributed by atoms with Crippen LogP contribution in [0.4, 0.5) is 0 Å². The van der Waals surface area contributed by atoms with Crippen molar-refractivity contribution in [2.24, 2.45) is 0 Å². The smallest absolute Gasteiger partial charge is 0.336 e. The number of aryl methyl sites for hydroxylation is 1. The molecular formula is C17H15NO4. The van der Waals surface area contributed by atoms with E-state index in [-0.39, 0.29) is 18.0 Å². The quantitative estimate of drug-likeness (QED) is 0.580. The monoisotopic (exact) mass is 297 g/mol. The van der Waals surface area contributed by atoms with Gasteiger partial charge < -0.3 is 14.1 Å². The van der Waals surface area contributed by atoms with Crippen molar-refractivity contribution in [3.05, 3.63) is 64.3 Å². The first-order chi connectivity index (χ1) is 10.7. The molecule has 112 valence electrons. The highest BCUT2D eigenvalue weighted by atomic mass is 16.5. The molecule has 0 amide bonds. The molecule has 0 fully saturated rings. The summed E-state index contributed by atoms with van der Waals surface area (Å²) in [5, 5.41) is 0.880. The third-order valence-electron chi connectivity index (χ3n) is 3.45. The van der Waals surface area contributed by atoms with Gasteiger partial charge in [0.2, 0.25) is 5.78 Å². The van der Waals surface area contributed by atoms with Gasteiger partial charge in [0.1, 0.15) is 11.3 Å². The molecule has 1 N–H and O–H groups in total. The fourth-order valence-electron chi connectivity index (χ4n) is 2.32. The molecule has 0 unspecified atom stereocenters. The number of H-pyrrole nitrogens is 1. The molecule has 22 heavy (non-hydrogen) atoms. The van der Waals surface area contributed by atoms with Crippen LogP contribution < -0.4 is 10.4 Å². The summed E-state index contributed by atoms with van der Waals surface area (Å²) < 4.78 is 10.7. The maximum atomic E-state index is 11.9. The largest absolute Gasteiger partial charge is 0.485 e. The fourth-order valence-corrected chi connectivity index (χ4v) is 2.32. The molecule has 2 heterocycles. The molecule has 5 heteroatoms.